The minimum absolute atomic E-state index is 0.186. The van der Waals surface area contributed by atoms with Crippen molar-refractivity contribution >= 4 is 11.6 Å². The molecule has 2 aromatic carbocycles. The van der Waals surface area contributed by atoms with Gasteiger partial charge in [-0.1, -0.05) is 49.4 Å². The van der Waals surface area contributed by atoms with E-state index in [2.05, 4.69) is 25.9 Å². The van der Waals surface area contributed by atoms with Gasteiger partial charge in [0, 0.05) is 18.3 Å². The predicted octanol–water partition coefficient (Wildman–Crippen LogP) is 2.94. The number of carbonyl (C=O) groups is 1. The monoisotopic (exact) mass is 387 g/mol. The second-order valence-corrected chi connectivity index (χ2v) is 6.66. The standard InChI is InChI=1S/C21H21N7O/c1-3-19-18(13-22-28(19)14-15-8-5-4-6-9-15)21(29)23-17-11-7-10-16(12-17)20-24-25-26-27(20)2/h4-13H,3,14H2,1-2H3,(H,23,29). The third kappa shape index (κ3) is 3.91. The molecule has 8 heteroatoms. The van der Waals surface area contributed by atoms with Gasteiger partial charge in [0.05, 0.1) is 24.0 Å². The molecule has 0 aliphatic rings. The first kappa shape index (κ1) is 18.5. The van der Waals surface area contributed by atoms with Crippen molar-refractivity contribution in [3.8, 4) is 11.4 Å². The highest BCUT2D eigenvalue weighted by Gasteiger charge is 2.17. The normalized spacial score (nSPS) is 10.8. The van der Waals surface area contributed by atoms with Gasteiger partial charge in [0.15, 0.2) is 5.82 Å². The van der Waals surface area contributed by atoms with Crippen LogP contribution in [0.25, 0.3) is 11.4 Å². The lowest BCUT2D eigenvalue weighted by atomic mass is 10.1. The Hall–Kier alpha value is -3.81. The second kappa shape index (κ2) is 8.05. The SMILES string of the molecule is CCc1c(C(=O)Nc2cccc(-c3nnnn3C)c2)cnn1Cc1ccccc1. The van der Waals surface area contributed by atoms with Gasteiger partial charge >= 0.3 is 0 Å². The lowest BCUT2D eigenvalue weighted by Crippen LogP contribution is -2.15. The van der Waals surface area contributed by atoms with Gasteiger partial charge in [-0.2, -0.15) is 5.10 Å². The van der Waals surface area contributed by atoms with Crippen molar-refractivity contribution < 1.29 is 4.79 Å². The number of hydrogen-bond acceptors (Lipinski definition) is 5. The fourth-order valence-corrected chi connectivity index (χ4v) is 3.27. The molecule has 0 spiro atoms. The van der Waals surface area contributed by atoms with Crippen LogP contribution in [0.5, 0.6) is 0 Å². The summed E-state index contributed by atoms with van der Waals surface area (Å²) in [5, 5.41) is 18.9. The third-order valence-corrected chi connectivity index (χ3v) is 4.70. The molecule has 8 nitrogen and oxygen atoms in total. The lowest BCUT2D eigenvalue weighted by Gasteiger charge is -2.09. The van der Waals surface area contributed by atoms with E-state index in [1.54, 1.807) is 17.9 Å². The average molecular weight is 387 g/mol. The van der Waals surface area contributed by atoms with E-state index in [9.17, 15) is 4.79 Å². The number of hydrogen-bond donors (Lipinski definition) is 1. The zero-order valence-electron chi connectivity index (χ0n) is 16.3. The van der Waals surface area contributed by atoms with Gasteiger partial charge in [0.1, 0.15) is 0 Å². The summed E-state index contributed by atoms with van der Waals surface area (Å²) in [5.41, 5.74) is 4.12. The first-order valence-corrected chi connectivity index (χ1v) is 9.38. The molecule has 0 atom stereocenters. The molecule has 1 N–H and O–H groups in total. The fraction of sp³-hybridized carbons (Fsp3) is 0.190. The quantitative estimate of drug-likeness (QED) is 0.549. The van der Waals surface area contributed by atoms with Crippen LogP contribution in [0.15, 0.2) is 60.8 Å². The summed E-state index contributed by atoms with van der Waals surface area (Å²) in [7, 11) is 1.77. The number of carbonyl (C=O) groups excluding carboxylic acids is 1. The maximum Gasteiger partial charge on any atom is 0.259 e. The Bertz CT molecular complexity index is 1130. The van der Waals surface area contributed by atoms with Gasteiger partial charge in [0.2, 0.25) is 0 Å². The van der Waals surface area contributed by atoms with Gasteiger partial charge in [-0.25, -0.2) is 4.68 Å². The van der Waals surface area contributed by atoms with Crippen LogP contribution in [-0.4, -0.2) is 35.9 Å². The molecule has 2 aromatic heterocycles. The molecule has 0 unspecified atom stereocenters. The number of tetrazole rings is 1. The van der Waals surface area contributed by atoms with Crippen molar-refractivity contribution in [3.05, 3.63) is 77.6 Å². The molecule has 0 aliphatic carbocycles. The number of nitrogens with zero attached hydrogens (tertiary/aromatic N) is 6. The van der Waals surface area contributed by atoms with Crippen molar-refractivity contribution in [2.45, 2.75) is 19.9 Å². The van der Waals surface area contributed by atoms with Crippen LogP contribution in [0.1, 0.15) is 28.5 Å². The summed E-state index contributed by atoms with van der Waals surface area (Å²) in [6, 6.07) is 17.5. The van der Waals surface area contributed by atoms with Crippen molar-refractivity contribution in [1.29, 1.82) is 0 Å². The maximum absolute atomic E-state index is 12.9. The number of anilines is 1. The number of aryl methyl sites for hydroxylation is 1. The molecule has 0 aliphatic heterocycles. The van der Waals surface area contributed by atoms with Gasteiger partial charge in [-0.15, -0.1) is 5.10 Å². The van der Waals surface area contributed by atoms with Crippen molar-refractivity contribution in [2.75, 3.05) is 5.32 Å². The van der Waals surface area contributed by atoms with Crippen LogP contribution in [-0.2, 0) is 20.0 Å². The van der Waals surface area contributed by atoms with E-state index in [1.165, 1.54) is 0 Å². The number of benzene rings is 2. The highest BCUT2D eigenvalue weighted by atomic mass is 16.1. The lowest BCUT2D eigenvalue weighted by molar-refractivity contribution is 0.102. The van der Waals surface area contributed by atoms with E-state index in [4.69, 9.17) is 0 Å². The predicted molar refractivity (Wildman–Crippen MR) is 109 cm³/mol. The highest BCUT2D eigenvalue weighted by Crippen LogP contribution is 2.21. The zero-order valence-corrected chi connectivity index (χ0v) is 16.3. The summed E-state index contributed by atoms with van der Waals surface area (Å²) in [4.78, 5) is 12.9. The molecule has 146 valence electrons. The summed E-state index contributed by atoms with van der Waals surface area (Å²) >= 11 is 0. The van der Waals surface area contributed by atoms with E-state index >= 15 is 0 Å². The van der Waals surface area contributed by atoms with Crippen LogP contribution < -0.4 is 5.32 Å². The van der Waals surface area contributed by atoms with Gasteiger partial charge < -0.3 is 5.32 Å². The van der Waals surface area contributed by atoms with Crippen molar-refractivity contribution in [2.24, 2.45) is 7.05 Å². The van der Waals surface area contributed by atoms with E-state index in [1.807, 2.05) is 66.2 Å². The van der Waals surface area contributed by atoms with E-state index < -0.39 is 0 Å². The van der Waals surface area contributed by atoms with Crippen LogP contribution >= 0.6 is 0 Å². The number of amides is 1. The largest absolute Gasteiger partial charge is 0.322 e. The molecular formula is C21H21N7O. The molecule has 29 heavy (non-hydrogen) atoms. The van der Waals surface area contributed by atoms with Gasteiger partial charge in [-0.3, -0.25) is 9.48 Å². The van der Waals surface area contributed by atoms with Crippen molar-refractivity contribution in [1.82, 2.24) is 30.0 Å². The van der Waals surface area contributed by atoms with Gasteiger partial charge in [0.25, 0.3) is 5.91 Å². The molecule has 1 amide bonds. The average Bonchev–Trinajstić information content (AvgIpc) is 3.35. The number of nitrogens with one attached hydrogen (secondary N) is 1. The Morgan fingerprint density at radius 2 is 1.93 bits per heavy atom. The summed E-state index contributed by atoms with van der Waals surface area (Å²) < 4.78 is 3.47. The molecule has 0 bridgehead atoms. The first-order chi connectivity index (χ1) is 14.2. The molecule has 2 heterocycles. The number of aromatic nitrogens is 6. The smallest absolute Gasteiger partial charge is 0.259 e. The van der Waals surface area contributed by atoms with Crippen LogP contribution in [0, 0.1) is 0 Å². The Morgan fingerprint density at radius 1 is 1.10 bits per heavy atom. The molecule has 4 aromatic rings. The fourth-order valence-electron chi connectivity index (χ4n) is 3.27. The Balaban J connectivity index is 1.55. The summed E-state index contributed by atoms with van der Waals surface area (Å²) in [6.07, 6.45) is 2.34. The maximum atomic E-state index is 12.9. The summed E-state index contributed by atoms with van der Waals surface area (Å²) in [5.74, 6) is 0.445. The molecule has 0 saturated carbocycles. The van der Waals surface area contributed by atoms with Crippen LogP contribution in [0.2, 0.25) is 0 Å². The van der Waals surface area contributed by atoms with Crippen LogP contribution in [0.4, 0.5) is 5.69 Å². The van der Waals surface area contributed by atoms with Gasteiger partial charge in [-0.05, 0) is 34.5 Å². The van der Waals surface area contributed by atoms with E-state index in [0.717, 1.165) is 16.8 Å². The molecule has 0 radical (unpaired) electrons. The Labute approximate surface area is 168 Å². The molecule has 0 fully saturated rings. The zero-order chi connectivity index (χ0) is 20.2. The molecule has 4 rings (SSSR count). The highest BCUT2D eigenvalue weighted by molar-refractivity contribution is 6.05. The topological polar surface area (TPSA) is 90.5 Å². The first-order valence-electron chi connectivity index (χ1n) is 9.38. The second-order valence-electron chi connectivity index (χ2n) is 6.66. The summed E-state index contributed by atoms with van der Waals surface area (Å²) in [6.45, 7) is 2.66. The molecular weight excluding hydrogens is 366 g/mol. The third-order valence-electron chi connectivity index (χ3n) is 4.70. The minimum atomic E-state index is -0.186. The van der Waals surface area contributed by atoms with E-state index in [0.29, 0.717) is 30.0 Å². The van der Waals surface area contributed by atoms with Crippen molar-refractivity contribution in [3.63, 3.8) is 0 Å². The number of rotatable bonds is 6. The van der Waals surface area contributed by atoms with E-state index in [-0.39, 0.29) is 5.91 Å². The van der Waals surface area contributed by atoms with Crippen LogP contribution in [0.3, 0.4) is 0 Å². The Morgan fingerprint density at radius 3 is 2.66 bits per heavy atom. The minimum Gasteiger partial charge on any atom is -0.322 e. The molecule has 0 saturated heterocycles. The Kier molecular flexibility index (Phi) is 5.15.